The van der Waals surface area contributed by atoms with E-state index < -0.39 is 17.9 Å². The van der Waals surface area contributed by atoms with E-state index in [1.165, 1.54) is 11.9 Å². The molecular weight excluding hydrogens is 294 g/mol. The van der Waals surface area contributed by atoms with Crippen molar-refractivity contribution in [2.24, 2.45) is 0 Å². The molecule has 1 aliphatic heterocycles. The summed E-state index contributed by atoms with van der Waals surface area (Å²) in [4.78, 5) is 26.3. The van der Waals surface area contributed by atoms with Crippen molar-refractivity contribution in [1.29, 1.82) is 0 Å². The Morgan fingerprint density at radius 1 is 1.41 bits per heavy atom. The Hall–Kier alpha value is -1.50. The van der Waals surface area contributed by atoms with Gasteiger partial charge in [0.25, 0.3) is 5.92 Å². The van der Waals surface area contributed by atoms with Crippen molar-refractivity contribution in [3.8, 4) is 0 Å². The second kappa shape index (κ2) is 8.22. The molecule has 5 nitrogen and oxygen atoms in total. The fourth-order valence-electron chi connectivity index (χ4n) is 2.47. The molecule has 1 aliphatic rings. The smallest absolute Gasteiger partial charge is 0.326 e. The van der Waals surface area contributed by atoms with Crippen LogP contribution in [0.5, 0.6) is 0 Å². The number of hydrogen-bond donors (Lipinski definition) is 1. The first kappa shape index (κ1) is 18.5. The molecule has 7 heteroatoms. The molecule has 0 radical (unpaired) electrons. The molecule has 0 aromatic heterocycles. The van der Waals surface area contributed by atoms with E-state index in [0.29, 0.717) is 13.0 Å². The Morgan fingerprint density at radius 3 is 2.50 bits per heavy atom. The monoisotopic (exact) mass is 318 g/mol. The predicted molar refractivity (Wildman–Crippen MR) is 78.9 cm³/mol. The predicted octanol–water partition coefficient (Wildman–Crippen LogP) is 1.99. The van der Waals surface area contributed by atoms with Gasteiger partial charge in [-0.2, -0.15) is 0 Å². The van der Waals surface area contributed by atoms with Crippen LogP contribution >= 0.6 is 0 Å². The Morgan fingerprint density at radius 2 is 2.00 bits per heavy atom. The lowest BCUT2D eigenvalue weighted by molar-refractivity contribution is -0.149. The summed E-state index contributed by atoms with van der Waals surface area (Å²) >= 11 is 0. The third-order valence-electron chi connectivity index (χ3n) is 4.01. The molecule has 1 atom stereocenters. The minimum absolute atomic E-state index is 0.196. The van der Waals surface area contributed by atoms with Crippen LogP contribution in [-0.2, 0) is 9.59 Å². The second-order valence-electron chi connectivity index (χ2n) is 5.67. The summed E-state index contributed by atoms with van der Waals surface area (Å²) in [6.45, 7) is 4.44. The summed E-state index contributed by atoms with van der Waals surface area (Å²) in [6, 6.07) is -0.931. The third-order valence-corrected chi connectivity index (χ3v) is 4.01. The SMILES string of the molecule is C=CCCC(=O)N(C)C(CCN1CCC(F)(F)CC1)C(=O)O. The molecule has 1 N–H and O–H groups in total. The van der Waals surface area contributed by atoms with Gasteiger partial charge in [-0.3, -0.25) is 4.79 Å². The topological polar surface area (TPSA) is 60.9 Å². The zero-order valence-electron chi connectivity index (χ0n) is 12.9. The largest absolute Gasteiger partial charge is 0.480 e. The van der Waals surface area contributed by atoms with Gasteiger partial charge in [0.2, 0.25) is 5.91 Å². The molecule has 1 rings (SSSR count). The van der Waals surface area contributed by atoms with Crippen LogP contribution < -0.4 is 0 Å². The highest BCUT2D eigenvalue weighted by molar-refractivity contribution is 5.83. The number of likely N-dealkylation sites (tertiary alicyclic amines) is 1. The number of rotatable bonds is 8. The Kier molecular flexibility index (Phi) is 6.93. The number of carbonyl (C=O) groups excluding carboxylic acids is 1. The first-order valence-electron chi connectivity index (χ1n) is 7.46. The lowest BCUT2D eigenvalue weighted by Gasteiger charge is -2.33. The minimum atomic E-state index is -2.61. The molecule has 0 bridgehead atoms. The highest BCUT2D eigenvalue weighted by Gasteiger charge is 2.34. The molecule has 126 valence electrons. The molecule has 1 saturated heterocycles. The maximum Gasteiger partial charge on any atom is 0.326 e. The maximum absolute atomic E-state index is 13.1. The normalized spacial score (nSPS) is 19.4. The van der Waals surface area contributed by atoms with Crippen LogP contribution in [0.3, 0.4) is 0 Å². The van der Waals surface area contributed by atoms with E-state index in [9.17, 15) is 23.5 Å². The van der Waals surface area contributed by atoms with Crippen LogP contribution in [0.25, 0.3) is 0 Å². The van der Waals surface area contributed by atoms with Gasteiger partial charge >= 0.3 is 5.97 Å². The van der Waals surface area contributed by atoms with E-state index in [-0.39, 0.29) is 44.7 Å². The number of aliphatic carboxylic acids is 1. The number of nitrogens with zero attached hydrogens (tertiary/aromatic N) is 2. The van der Waals surface area contributed by atoms with Gasteiger partial charge < -0.3 is 14.9 Å². The zero-order valence-corrected chi connectivity index (χ0v) is 12.9. The standard InChI is InChI=1S/C15H24F2N2O3/c1-3-4-5-13(20)18(2)12(14(21)22)6-9-19-10-7-15(16,17)8-11-19/h3,12H,1,4-11H2,2H3,(H,21,22). The third kappa shape index (κ3) is 5.71. The summed E-state index contributed by atoms with van der Waals surface area (Å²) < 4.78 is 26.2. The van der Waals surface area contributed by atoms with Gasteiger partial charge in [-0.1, -0.05) is 6.08 Å². The van der Waals surface area contributed by atoms with E-state index in [0.717, 1.165) is 0 Å². The van der Waals surface area contributed by atoms with Crippen molar-refractivity contribution >= 4 is 11.9 Å². The van der Waals surface area contributed by atoms with Crippen LogP contribution in [0.2, 0.25) is 0 Å². The number of halogens is 2. The molecule has 1 amide bonds. The molecule has 1 heterocycles. The van der Waals surface area contributed by atoms with Crippen LogP contribution in [0, 0.1) is 0 Å². The summed E-state index contributed by atoms with van der Waals surface area (Å²) in [6.07, 6.45) is 2.17. The summed E-state index contributed by atoms with van der Waals surface area (Å²) in [5, 5.41) is 9.28. The molecule has 0 saturated carbocycles. The number of alkyl halides is 2. The first-order chi connectivity index (χ1) is 10.3. The molecule has 1 unspecified atom stereocenters. The van der Waals surface area contributed by atoms with Crippen molar-refractivity contribution in [1.82, 2.24) is 9.80 Å². The lowest BCUT2D eigenvalue weighted by atomic mass is 10.1. The number of hydrogen-bond acceptors (Lipinski definition) is 3. The van der Waals surface area contributed by atoms with Crippen LogP contribution in [-0.4, -0.2) is 65.4 Å². The van der Waals surface area contributed by atoms with E-state index in [2.05, 4.69) is 6.58 Å². The van der Waals surface area contributed by atoms with Gasteiger partial charge in [-0.25, -0.2) is 13.6 Å². The van der Waals surface area contributed by atoms with Crippen LogP contribution in [0.1, 0.15) is 32.1 Å². The highest BCUT2D eigenvalue weighted by Crippen LogP contribution is 2.27. The van der Waals surface area contributed by atoms with Gasteiger partial charge in [0, 0.05) is 45.9 Å². The first-order valence-corrected chi connectivity index (χ1v) is 7.46. The van der Waals surface area contributed by atoms with Gasteiger partial charge in [0.15, 0.2) is 0 Å². The average molecular weight is 318 g/mol. The number of likely N-dealkylation sites (N-methyl/N-ethyl adjacent to an activating group) is 1. The zero-order chi connectivity index (χ0) is 16.8. The van der Waals surface area contributed by atoms with Crippen molar-refractivity contribution < 1.29 is 23.5 Å². The lowest BCUT2D eigenvalue weighted by Crippen LogP contribution is -2.46. The molecule has 0 aliphatic carbocycles. The van der Waals surface area contributed by atoms with E-state index >= 15 is 0 Å². The molecule has 0 spiro atoms. The fourth-order valence-corrected chi connectivity index (χ4v) is 2.47. The number of amides is 1. The number of carboxylic acids is 1. The number of carboxylic acid groups (broad SMARTS) is 1. The van der Waals surface area contributed by atoms with Crippen LogP contribution in [0.15, 0.2) is 12.7 Å². The Bertz CT molecular complexity index is 406. The summed E-state index contributed by atoms with van der Waals surface area (Å²) in [7, 11) is 1.47. The van der Waals surface area contributed by atoms with Gasteiger partial charge in [-0.05, 0) is 12.8 Å². The molecule has 0 aromatic rings. The number of carbonyl (C=O) groups is 2. The van der Waals surface area contributed by atoms with E-state index in [1.807, 2.05) is 4.90 Å². The Labute approximate surface area is 129 Å². The minimum Gasteiger partial charge on any atom is -0.480 e. The number of piperidine rings is 1. The molecule has 22 heavy (non-hydrogen) atoms. The quantitative estimate of drug-likeness (QED) is 0.695. The molecule has 0 aromatic carbocycles. The van der Waals surface area contributed by atoms with Crippen molar-refractivity contribution in [3.05, 3.63) is 12.7 Å². The summed E-state index contributed by atoms with van der Waals surface area (Å²) in [5.74, 6) is -3.94. The second-order valence-corrected chi connectivity index (χ2v) is 5.67. The maximum atomic E-state index is 13.1. The summed E-state index contributed by atoms with van der Waals surface area (Å²) in [5.41, 5.74) is 0. The van der Waals surface area contributed by atoms with Crippen molar-refractivity contribution in [3.63, 3.8) is 0 Å². The molecular formula is C15H24F2N2O3. The highest BCUT2D eigenvalue weighted by atomic mass is 19.3. The van der Waals surface area contributed by atoms with Crippen molar-refractivity contribution in [2.45, 2.75) is 44.1 Å². The van der Waals surface area contributed by atoms with Gasteiger partial charge in [0.05, 0.1) is 0 Å². The van der Waals surface area contributed by atoms with Crippen LogP contribution in [0.4, 0.5) is 8.78 Å². The van der Waals surface area contributed by atoms with Gasteiger partial charge in [-0.15, -0.1) is 6.58 Å². The number of allylic oxidation sites excluding steroid dienone is 1. The van der Waals surface area contributed by atoms with Gasteiger partial charge in [0.1, 0.15) is 6.04 Å². The average Bonchev–Trinajstić information content (AvgIpc) is 2.45. The Balaban J connectivity index is 2.49. The molecule has 1 fully saturated rings. The van der Waals surface area contributed by atoms with E-state index in [4.69, 9.17) is 0 Å². The van der Waals surface area contributed by atoms with E-state index in [1.54, 1.807) is 6.08 Å². The van der Waals surface area contributed by atoms with Crippen molar-refractivity contribution in [2.75, 3.05) is 26.7 Å². The fraction of sp³-hybridized carbons (Fsp3) is 0.733.